The fourth-order valence-corrected chi connectivity index (χ4v) is 5.55. The highest BCUT2D eigenvalue weighted by Crippen LogP contribution is 2.36. The van der Waals surface area contributed by atoms with E-state index >= 15 is 0 Å². The van der Waals surface area contributed by atoms with Gasteiger partial charge >= 0.3 is 5.97 Å². The number of halogens is 1. The molecule has 0 bridgehead atoms. The van der Waals surface area contributed by atoms with Crippen LogP contribution < -0.4 is 25.1 Å². The maximum Gasteiger partial charge on any atom is 0.328 e. The number of aliphatic carboxylic acids is 1. The second-order valence-electron chi connectivity index (χ2n) is 9.99. The lowest BCUT2D eigenvalue weighted by Gasteiger charge is -2.36. The van der Waals surface area contributed by atoms with Crippen LogP contribution in [0.5, 0.6) is 17.2 Å². The molecule has 6 rings (SSSR count). The van der Waals surface area contributed by atoms with Gasteiger partial charge in [0.2, 0.25) is 0 Å². The van der Waals surface area contributed by atoms with E-state index in [-0.39, 0.29) is 24.0 Å². The third-order valence-electron chi connectivity index (χ3n) is 7.46. The minimum atomic E-state index is -1.14. The third kappa shape index (κ3) is 5.19. The van der Waals surface area contributed by atoms with E-state index in [1.807, 2.05) is 6.07 Å². The van der Waals surface area contributed by atoms with Crippen LogP contribution in [0.4, 0.5) is 4.39 Å². The monoisotopic (exact) mass is 536 g/mol. The van der Waals surface area contributed by atoms with Crippen LogP contribution in [-0.4, -0.2) is 71.0 Å². The number of nitrogens with one attached hydrogen (secondary N) is 1. The number of fused-ring (bicyclic) bond motifs is 1. The molecule has 2 N–H and O–H groups in total. The van der Waals surface area contributed by atoms with Crippen molar-refractivity contribution in [3.05, 3.63) is 64.0 Å². The first-order valence-corrected chi connectivity index (χ1v) is 13.1. The molecule has 3 aliphatic rings. The molecule has 39 heavy (non-hydrogen) atoms. The Labute approximate surface area is 223 Å². The van der Waals surface area contributed by atoms with Crippen molar-refractivity contribution in [2.45, 2.75) is 31.5 Å². The molecule has 3 aliphatic heterocycles. The summed E-state index contributed by atoms with van der Waals surface area (Å²) in [5.74, 6) is -0.318. The summed E-state index contributed by atoms with van der Waals surface area (Å²) in [4.78, 5) is 30.8. The molecule has 0 amide bonds. The van der Waals surface area contributed by atoms with Gasteiger partial charge in [0, 0.05) is 42.7 Å². The molecular weight excluding hydrogens is 507 g/mol. The zero-order chi connectivity index (χ0) is 26.9. The Morgan fingerprint density at radius 2 is 1.95 bits per heavy atom. The molecule has 10 nitrogen and oxygen atoms in total. The van der Waals surface area contributed by atoms with Crippen molar-refractivity contribution in [2.24, 2.45) is 0 Å². The van der Waals surface area contributed by atoms with Crippen molar-refractivity contribution < 1.29 is 28.5 Å². The van der Waals surface area contributed by atoms with Crippen LogP contribution in [0.25, 0.3) is 17.0 Å². The van der Waals surface area contributed by atoms with E-state index in [2.05, 4.69) is 15.2 Å². The molecule has 1 saturated heterocycles. The predicted octanol–water partition coefficient (Wildman–Crippen LogP) is 2.59. The number of piperidine rings is 1. The smallest absolute Gasteiger partial charge is 0.328 e. The number of benzene rings is 1. The van der Waals surface area contributed by atoms with Crippen LogP contribution in [0.1, 0.15) is 30.1 Å². The van der Waals surface area contributed by atoms with E-state index in [0.29, 0.717) is 54.6 Å². The van der Waals surface area contributed by atoms with Gasteiger partial charge in [-0.15, -0.1) is 0 Å². The molecule has 3 aromatic rings. The Morgan fingerprint density at radius 1 is 1.15 bits per heavy atom. The molecule has 5 heterocycles. The van der Waals surface area contributed by atoms with Crippen molar-refractivity contribution in [3.63, 3.8) is 0 Å². The number of likely N-dealkylation sites (tertiary alicyclic amines) is 1. The van der Waals surface area contributed by atoms with Gasteiger partial charge in [0.15, 0.2) is 23.1 Å². The number of carboxylic acid groups (broad SMARTS) is 1. The van der Waals surface area contributed by atoms with Gasteiger partial charge in [-0.1, -0.05) is 0 Å². The third-order valence-corrected chi connectivity index (χ3v) is 7.46. The summed E-state index contributed by atoms with van der Waals surface area (Å²) < 4.78 is 33.5. The summed E-state index contributed by atoms with van der Waals surface area (Å²) in [7, 11) is 0. The quantitative estimate of drug-likeness (QED) is 0.440. The number of carbonyl (C=O) groups is 1. The minimum Gasteiger partial charge on any atom is -0.486 e. The van der Waals surface area contributed by atoms with Crippen LogP contribution in [0, 0.1) is 5.82 Å². The topological polar surface area (TPSA) is 115 Å². The second-order valence-corrected chi connectivity index (χ2v) is 9.99. The number of rotatable bonds is 7. The van der Waals surface area contributed by atoms with Crippen molar-refractivity contribution in [1.29, 1.82) is 0 Å². The molecule has 204 valence electrons. The summed E-state index contributed by atoms with van der Waals surface area (Å²) in [6.45, 7) is 4.17. The highest BCUT2D eigenvalue weighted by Gasteiger charge is 2.30. The molecule has 0 spiro atoms. The summed E-state index contributed by atoms with van der Waals surface area (Å²) in [5.41, 5.74) is 1.41. The van der Waals surface area contributed by atoms with Gasteiger partial charge in [0.1, 0.15) is 19.8 Å². The number of hydrogen-bond acceptors (Lipinski definition) is 8. The number of pyridine rings is 2. The lowest BCUT2D eigenvalue weighted by atomic mass is 10.0. The molecule has 2 aromatic heterocycles. The van der Waals surface area contributed by atoms with Gasteiger partial charge in [-0.2, -0.15) is 0 Å². The molecule has 0 unspecified atom stereocenters. The standard InChI is InChI=1S/C28H29FN4O6/c29-22-11-17(1-4-26(35)36)21-2-3-25(34)33-20(16-39-28(22)27(21)33)15-32-7-5-18(6-8-32)30-13-19-12-23-24(14-31-19)38-10-9-37-23/h1-4,11-12,14,18,20,30H,5-10,13,15-16H2,(H,35,36)/t20-/m1/s1. The van der Waals surface area contributed by atoms with Crippen LogP contribution in [-0.2, 0) is 11.3 Å². The Kier molecular flexibility index (Phi) is 6.92. The van der Waals surface area contributed by atoms with E-state index in [4.69, 9.17) is 19.3 Å². The molecule has 0 aliphatic carbocycles. The number of hydrogen-bond donors (Lipinski definition) is 2. The maximum atomic E-state index is 14.9. The number of aromatic nitrogens is 2. The highest BCUT2D eigenvalue weighted by molar-refractivity contribution is 5.96. The SMILES string of the molecule is O=C(O)C=Cc1cc(F)c2c3c1ccc(=O)n3[C@H](CN1CCC(NCc3cc4c(cn3)OCCO4)CC1)CO2. The second kappa shape index (κ2) is 10.7. The van der Waals surface area contributed by atoms with Gasteiger partial charge in [0.25, 0.3) is 5.56 Å². The van der Waals surface area contributed by atoms with Crippen molar-refractivity contribution in [2.75, 3.05) is 39.5 Å². The Bertz CT molecular complexity index is 1500. The lowest BCUT2D eigenvalue weighted by Crippen LogP contribution is -2.46. The summed E-state index contributed by atoms with van der Waals surface area (Å²) in [5, 5.41) is 13.2. The minimum absolute atomic E-state index is 0.0297. The molecule has 0 radical (unpaired) electrons. The average Bonchev–Trinajstić information content (AvgIpc) is 2.95. The average molecular weight is 537 g/mol. The molecule has 1 atom stereocenters. The molecule has 1 fully saturated rings. The van der Waals surface area contributed by atoms with Crippen LogP contribution in [0.3, 0.4) is 0 Å². The molecular formula is C28H29FN4O6. The normalized spacial score (nSPS) is 19.4. The van der Waals surface area contributed by atoms with Gasteiger partial charge in [-0.3, -0.25) is 14.3 Å². The Morgan fingerprint density at radius 3 is 2.74 bits per heavy atom. The van der Waals surface area contributed by atoms with Gasteiger partial charge in [0.05, 0.1) is 23.4 Å². The zero-order valence-electron chi connectivity index (χ0n) is 21.3. The van der Waals surface area contributed by atoms with E-state index in [1.54, 1.807) is 16.8 Å². The zero-order valence-corrected chi connectivity index (χ0v) is 21.3. The predicted molar refractivity (Wildman–Crippen MR) is 141 cm³/mol. The Hall–Kier alpha value is -3.96. The lowest BCUT2D eigenvalue weighted by molar-refractivity contribution is -0.131. The first-order valence-electron chi connectivity index (χ1n) is 13.1. The van der Waals surface area contributed by atoms with Gasteiger partial charge in [-0.25, -0.2) is 9.18 Å². The van der Waals surface area contributed by atoms with Crippen molar-refractivity contribution in [1.82, 2.24) is 19.8 Å². The van der Waals surface area contributed by atoms with E-state index in [0.717, 1.165) is 43.5 Å². The molecule has 11 heteroatoms. The first kappa shape index (κ1) is 25.3. The Balaban J connectivity index is 1.12. The fourth-order valence-electron chi connectivity index (χ4n) is 5.55. The van der Waals surface area contributed by atoms with Crippen LogP contribution in [0.15, 0.2) is 41.3 Å². The van der Waals surface area contributed by atoms with Gasteiger partial charge in [-0.05, 0) is 49.7 Å². The molecule has 1 aromatic carbocycles. The highest BCUT2D eigenvalue weighted by atomic mass is 19.1. The first-order chi connectivity index (χ1) is 19.0. The van der Waals surface area contributed by atoms with Gasteiger partial charge < -0.3 is 29.5 Å². The van der Waals surface area contributed by atoms with E-state index < -0.39 is 11.8 Å². The summed E-state index contributed by atoms with van der Waals surface area (Å²) in [6, 6.07) is 6.24. The molecule has 0 saturated carbocycles. The van der Waals surface area contributed by atoms with E-state index in [1.165, 1.54) is 18.2 Å². The number of nitrogens with zero attached hydrogens (tertiary/aromatic N) is 3. The van der Waals surface area contributed by atoms with Crippen molar-refractivity contribution in [3.8, 4) is 17.2 Å². The van der Waals surface area contributed by atoms with Crippen LogP contribution >= 0.6 is 0 Å². The largest absolute Gasteiger partial charge is 0.486 e. The fraction of sp³-hybridized carbons (Fsp3) is 0.393. The number of carboxylic acids is 1. The van der Waals surface area contributed by atoms with Crippen molar-refractivity contribution >= 4 is 22.9 Å². The summed E-state index contributed by atoms with van der Waals surface area (Å²) >= 11 is 0. The van der Waals surface area contributed by atoms with E-state index in [9.17, 15) is 14.0 Å². The maximum absolute atomic E-state index is 14.9. The van der Waals surface area contributed by atoms with Crippen LogP contribution in [0.2, 0.25) is 0 Å². The number of ether oxygens (including phenoxy) is 3. The summed E-state index contributed by atoms with van der Waals surface area (Å²) in [6.07, 6.45) is 5.87.